The highest BCUT2D eigenvalue weighted by Gasteiger charge is 2.20. The van der Waals surface area contributed by atoms with E-state index in [-0.39, 0.29) is 43.7 Å². The van der Waals surface area contributed by atoms with Gasteiger partial charge in [0.1, 0.15) is 0 Å². The number of rotatable bonds is 23. The number of aliphatic hydroxyl groups excluding tert-OH is 2. The van der Waals surface area contributed by atoms with Crippen molar-refractivity contribution in [3.05, 3.63) is 11.1 Å². The van der Waals surface area contributed by atoms with Gasteiger partial charge >= 0.3 is 7.12 Å². The molecule has 0 radical (unpaired) electrons. The molecule has 0 aliphatic rings. The molecule has 0 atom stereocenters. The van der Waals surface area contributed by atoms with Crippen LogP contribution < -0.4 is 0 Å². The lowest BCUT2D eigenvalue weighted by atomic mass is 9.82. The van der Waals surface area contributed by atoms with Crippen molar-refractivity contribution in [1.29, 1.82) is 0 Å². The second kappa shape index (κ2) is 37.4. The summed E-state index contributed by atoms with van der Waals surface area (Å²) in [5.74, 6) is 4.91. The topological polar surface area (TPSA) is 102 Å². The molecule has 0 aromatic heterocycles. The molecule has 0 saturated heterocycles. The van der Waals surface area contributed by atoms with Crippen LogP contribution in [0.4, 0.5) is 0 Å². The minimum absolute atomic E-state index is 0.154. The maximum atomic E-state index is 8.06. The quantitative estimate of drug-likeness (QED) is 0.0341. The Labute approximate surface area is 318 Å². The Hall–Kier alpha value is 0.655. The van der Waals surface area contributed by atoms with E-state index in [2.05, 4.69) is 75.3 Å². The number of aliphatic imine (C=N–C) groups is 2. The molecule has 14 heteroatoms. The summed E-state index contributed by atoms with van der Waals surface area (Å²) >= 11 is 8.43. The van der Waals surface area contributed by atoms with Crippen LogP contribution in [0.3, 0.4) is 0 Å². The molecule has 0 aliphatic carbocycles. The molecule has 0 amide bonds. The van der Waals surface area contributed by atoms with Gasteiger partial charge in [-0.05, 0) is 152 Å². The summed E-state index contributed by atoms with van der Waals surface area (Å²) in [6, 6.07) is 0. The fourth-order valence-corrected chi connectivity index (χ4v) is 7.12. The Morgan fingerprint density at radius 2 is 1.06 bits per heavy atom. The number of hydrogen-bond acceptors (Lipinski definition) is 12. The van der Waals surface area contributed by atoms with E-state index in [1.165, 1.54) is 0 Å². The van der Waals surface area contributed by atoms with Crippen molar-refractivity contribution in [2.75, 3.05) is 28.8 Å². The van der Waals surface area contributed by atoms with Gasteiger partial charge in [0.15, 0.2) is 5.17 Å². The van der Waals surface area contributed by atoms with Gasteiger partial charge in [0, 0.05) is 47.4 Å². The maximum Gasteiger partial charge on any atom is 0.457 e. The first-order valence-electron chi connectivity index (χ1n) is 17.5. The summed E-state index contributed by atoms with van der Waals surface area (Å²) in [4.78, 5) is 9.96. The van der Waals surface area contributed by atoms with Crippen molar-refractivity contribution in [2.45, 2.75) is 166 Å². The molecule has 0 aromatic carbocycles. The number of nitrogens with zero attached hydrogens (tertiary/aromatic N) is 2. The van der Waals surface area contributed by atoms with E-state index in [4.69, 9.17) is 37.9 Å². The molecule has 0 aromatic rings. The number of amidine groups is 1. The molecule has 2 N–H and O–H groups in total. The van der Waals surface area contributed by atoms with Crippen LogP contribution in [0, 0.1) is 0 Å². The lowest BCUT2D eigenvalue weighted by molar-refractivity contribution is 0.129. The summed E-state index contributed by atoms with van der Waals surface area (Å²) in [6.07, 6.45) is 7.64. The Kier molecular flexibility index (Phi) is 41.3. The number of aliphatic hydroxyl groups is 2. The molecular weight excluding hydrogens is 704 g/mol. The van der Waals surface area contributed by atoms with Crippen LogP contribution in [0.15, 0.2) is 21.1 Å². The first-order chi connectivity index (χ1) is 22.5. The van der Waals surface area contributed by atoms with Crippen LogP contribution in [-0.4, -0.2) is 92.9 Å². The van der Waals surface area contributed by atoms with Crippen molar-refractivity contribution >= 4 is 76.7 Å². The second-order valence-electron chi connectivity index (χ2n) is 12.3. The minimum Gasteiger partial charge on any atom is -0.409 e. The summed E-state index contributed by atoms with van der Waals surface area (Å²) in [5, 5.41) is 19.0. The molecule has 286 valence electrons. The molecule has 0 fully saturated rings. The zero-order chi connectivity index (χ0) is 37.3. The van der Waals surface area contributed by atoms with Gasteiger partial charge in [-0.25, -0.2) is 9.98 Å². The summed E-state index contributed by atoms with van der Waals surface area (Å²) < 4.78 is 23.1. The molecule has 8 nitrogen and oxygen atoms in total. The highest BCUT2D eigenvalue weighted by Crippen LogP contribution is 2.24. The standard InChI is InChI=1S/C28H55BN2O4S5.2C3H8O/c1-11-15-27(37-18-13-20-39-34-24(6)7)31-28(38-19-14-21-40-35-25(8)9)30-26(10)36-17-12-16-29(32-22(2)3)33-23(4)5;2*1-3(2)4/h15,22-25H,11-14,16-21H2,1-10H3;2*3-4H,1-2H3/b27-15-,30-26+,31-28+;;. The highest BCUT2D eigenvalue weighted by atomic mass is 32.2. The zero-order valence-corrected chi connectivity index (χ0v) is 36.7. The van der Waals surface area contributed by atoms with Crippen molar-refractivity contribution < 1.29 is 27.9 Å². The van der Waals surface area contributed by atoms with Crippen LogP contribution in [0.25, 0.3) is 0 Å². The predicted molar refractivity (Wildman–Crippen MR) is 225 cm³/mol. The normalized spacial score (nSPS) is 12.8. The van der Waals surface area contributed by atoms with Gasteiger partial charge in [0.25, 0.3) is 0 Å². The third kappa shape index (κ3) is 48.8. The number of hydrogen-bond donors (Lipinski definition) is 2. The molecule has 0 spiro atoms. The van der Waals surface area contributed by atoms with Gasteiger partial charge in [-0.15, -0.1) is 23.5 Å². The van der Waals surface area contributed by atoms with E-state index in [1.54, 1.807) is 75.3 Å². The molecule has 0 aliphatic heterocycles. The van der Waals surface area contributed by atoms with Crippen LogP contribution in [-0.2, 0) is 17.7 Å². The van der Waals surface area contributed by atoms with Crippen molar-refractivity contribution in [3.8, 4) is 0 Å². The van der Waals surface area contributed by atoms with E-state index < -0.39 is 0 Å². The van der Waals surface area contributed by atoms with E-state index in [0.717, 1.165) is 76.0 Å². The molecule has 0 heterocycles. The lowest BCUT2D eigenvalue weighted by Crippen LogP contribution is -2.29. The van der Waals surface area contributed by atoms with Crippen molar-refractivity contribution in [1.82, 2.24) is 0 Å². The van der Waals surface area contributed by atoms with E-state index >= 15 is 0 Å². The second-order valence-corrected chi connectivity index (χ2v) is 17.4. The van der Waals surface area contributed by atoms with Crippen molar-refractivity contribution in [2.24, 2.45) is 9.98 Å². The van der Waals surface area contributed by atoms with Crippen LogP contribution >= 0.6 is 59.4 Å². The van der Waals surface area contributed by atoms with Gasteiger partial charge in [0.05, 0.1) is 22.3 Å². The SMILES string of the molecule is CC(C)O.CC(C)O.CC/C=C(/N=C(\N=C(/C)SCCCB(OC(C)C)OC(C)C)SCCCSOC(C)C)SCCCSOC(C)C. The Morgan fingerprint density at radius 1 is 0.625 bits per heavy atom. The van der Waals surface area contributed by atoms with Crippen LogP contribution in [0.2, 0.25) is 6.32 Å². The number of allylic oxidation sites excluding steroid dienone is 1. The van der Waals surface area contributed by atoms with Gasteiger partial charge in [-0.1, -0.05) is 24.8 Å². The zero-order valence-electron chi connectivity index (χ0n) is 32.7. The van der Waals surface area contributed by atoms with Gasteiger partial charge < -0.3 is 27.9 Å². The average molecular weight is 775 g/mol. The highest BCUT2D eigenvalue weighted by molar-refractivity contribution is 8.15. The fourth-order valence-electron chi connectivity index (χ4n) is 2.85. The Balaban J connectivity index is -0.00000226. The first kappa shape index (κ1) is 53.0. The molecule has 0 saturated carbocycles. The number of thioether (sulfide) groups is 3. The smallest absolute Gasteiger partial charge is 0.409 e. The molecule has 48 heavy (non-hydrogen) atoms. The van der Waals surface area contributed by atoms with E-state index in [1.807, 2.05) is 11.8 Å². The summed E-state index contributed by atoms with van der Waals surface area (Å²) in [5.41, 5.74) is 0. The lowest BCUT2D eigenvalue weighted by Gasteiger charge is -2.19. The predicted octanol–water partition coefficient (Wildman–Crippen LogP) is 10.6. The third-order valence-corrected chi connectivity index (χ3v) is 9.26. The monoisotopic (exact) mass is 774 g/mol. The molecule has 0 unspecified atom stereocenters. The molecule has 0 rings (SSSR count). The van der Waals surface area contributed by atoms with E-state index in [0.29, 0.717) is 0 Å². The van der Waals surface area contributed by atoms with E-state index in [9.17, 15) is 0 Å². The maximum absolute atomic E-state index is 8.06. The largest absolute Gasteiger partial charge is 0.457 e. The Morgan fingerprint density at radius 3 is 1.48 bits per heavy atom. The minimum atomic E-state index is -0.167. The van der Waals surface area contributed by atoms with Crippen LogP contribution in [0.1, 0.15) is 123 Å². The average Bonchev–Trinajstić information content (AvgIpc) is 2.93. The van der Waals surface area contributed by atoms with Crippen LogP contribution in [0.5, 0.6) is 0 Å². The fraction of sp³-hybridized carbons (Fsp3) is 0.882. The van der Waals surface area contributed by atoms with Gasteiger partial charge in [-0.3, -0.25) is 0 Å². The van der Waals surface area contributed by atoms with Gasteiger partial charge in [0.2, 0.25) is 0 Å². The van der Waals surface area contributed by atoms with Crippen molar-refractivity contribution in [3.63, 3.8) is 0 Å². The first-order valence-corrected chi connectivity index (χ1v) is 22.2. The summed E-state index contributed by atoms with van der Waals surface area (Å²) in [7, 11) is -0.155. The third-order valence-electron chi connectivity index (χ3n) is 4.33. The molecule has 0 bridgehead atoms. The summed E-state index contributed by atoms with van der Waals surface area (Å²) in [6.45, 7) is 27.6. The Bertz CT molecular complexity index is 782. The molecular formula is C34H71BN2O6S5. The van der Waals surface area contributed by atoms with Gasteiger partial charge in [-0.2, -0.15) is 0 Å².